The summed E-state index contributed by atoms with van der Waals surface area (Å²) in [6, 6.07) is 15.4. The Morgan fingerprint density at radius 3 is 2.26 bits per heavy atom. The first-order chi connectivity index (χ1) is 11.1. The smallest absolute Gasteiger partial charge is 0.269 e. The van der Waals surface area contributed by atoms with Crippen molar-refractivity contribution in [3.63, 3.8) is 0 Å². The van der Waals surface area contributed by atoms with Crippen molar-refractivity contribution in [2.24, 2.45) is 0 Å². The van der Waals surface area contributed by atoms with Crippen LogP contribution in [-0.4, -0.2) is 24.0 Å². The maximum absolute atomic E-state index is 12.1. The highest BCUT2D eigenvalue weighted by Gasteiger charge is 2.13. The van der Waals surface area contributed by atoms with E-state index in [4.69, 9.17) is 17.0 Å². The lowest BCUT2D eigenvalue weighted by atomic mass is 10.2. The van der Waals surface area contributed by atoms with E-state index >= 15 is 0 Å². The molecule has 3 N–H and O–H groups in total. The third kappa shape index (κ3) is 4.52. The first-order valence-corrected chi connectivity index (χ1v) is 7.12. The van der Waals surface area contributed by atoms with Crippen LogP contribution in [-0.2, 0) is 0 Å². The van der Waals surface area contributed by atoms with Gasteiger partial charge in [-0.3, -0.25) is 25.8 Å². The number of nitrogens with one attached hydrogen (secondary N) is 3. The molecule has 0 aromatic heterocycles. The Labute approximate surface area is 138 Å². The summed E-state index contributed by atoms with van der Waals surface area (Å²) in [7, 11) is 1.47. The van der Waals surface area contributed by atoms with Gasteiger partial charge in [0.15, 0.2) is 5.11 Å². The van der Waals surface area contributed by atoms with Crippen molar-refractivity contribution in [3.05, 3.63) is 65.7 Å². The fourth-order valence-electron chi connectivity index (χ4n) is 1.81. The molecule has 2 aromatic rings. The van der Waals surface area contributed by atoms with E-state index in [-0.39, 0.29) is 11.0 Å². The first kappa shape index (κ1) is 16.4. The van der Waals surface area contributed by atoms with Crippen molar-refractivity contribution in [3.8, 4) is 5.75 Å². The molecule has 7 heteroatoms. The number of rotatable bonds is 3. The summed E-state index contributed by atoms with van der Waals surface area (Å²) in [5.74, 6) is -0.366. The molecule has 0 aliphatic heterocycles. The summed E-state index contributed by atoms with van der Waals surface area (Å²) in [4.78, 5) is 24.0. The minimum Gasteiger partial charge on any atom is -0.496 e. The highest BCUT2D eigenvalue weighted by atomic mass is 32.1. The van der Waals surface area contributed by atoms with Crippen LogP contribution in [0.5, 0.6) is 5.75 Å². The van der Waals surface area contributed by atoms with Crippen LogP contribution in [0.2, 0.25) is 0 Å². The van der Waals surface area contributed by atoms with Crippen LogP contribution >= 0.6 is 12.2 Å². The fourth-order valence-corrected chi connectivity index (χ4v) is 1.95. The number of hydrogen-bond acceptors (Lipinski definition) is 4. The molecule has 0 saturated carbocycles. The van der Waals surface area contributed by atoms with Crippen molar-refractivity contribution in [1.82, 2.24) is 16.2 Å². The Morgan fingerprint density at radius 2 is 1.57 bits per heavy atom. The van der Waals surface area contributed by atoms with E-state index in [1.54, 1.807) is 48.5 Å². The van der Waals surface area contributed by atoms with E-state index in [0.29, 0.717) is 16.9 Å². The van der Waals surface area contributed by atoms with Gasteiger partial charge in [0.05, 0.1) is 12.7 Å². The molecule has 0 aliphatic carbocycles. The molecule has 23 heavy (non-hydrogen) atoms. The Morgan fingerprint density at radius 1 is 0.913 bits per heavy atom. The van der Waals surface area contributed by atoms with Gasteiger partial charge in [-0.05, 0) is 36.5 Å². The maximum Gasteiger partial charge on any atom is 0.269 e. The average Bonchev–Trinajstić information content (AvgIpc) is 2.60. The molecule has 2 rings (SSSR count). The summed E-state index contributed by atoms with van der Waals surface area (Å²) in [5.41, 5.74) is 5.70. The molecule has 0 spiro atoms. The van der Waals surface area contributed by atoms with Gasteiger partial charge in [0, 0.05) is 5.56 Å². The van der Waals surface area contributed by atoms with Gasteiger partial charge < -0.3 is 4.74 Å². The minimum absolute atomic E-state index is 0.0230. The standard InChI is InChI=1S/C16H15N3O3S/c1-22-13-10-6-5-9-12(13)15(21)17-16(23)19-18-14(20)11-7-3-2-4-8-11/h2-10H,1H3,(H,18,20)(H2,17,19,21,23). The van der Waals surface area contributed by atoms with Crippen molar-refractivity contribution in [1.29, 1.82) is 0 Å². The van der Waals surface area contributed by atoms with Gasteiger partial charge in [-0.15, -0.1) is 0 Å². The highest BCUT2D eigenvalue weighted by molar-refractivity contribution is 7.80. The van der Waals surface area contributed by atoms with Crippen molar-refractivity contribution in [2.75, 3.05) is 7.11 Å². The second-order valence-corrected chi connectivity index (χ2v) is 4.84. The molecule has 2 amide bonds. The summed E-state index contributed by atoms with van der Waals surface area (Å²) < 4.78 is 5.11. The molecule has 118 valence electrons. The maximum atomic E-state index is 12.1. The molecular formula is C16H15N3O3S. The van der Waals surface area contributed by atoms with Gasteiger partial charge in [0.2, 0.25) is 0 Å². The van der Waals surface area contributed by atoms with Crippen LogP contribution in [0.25, 0.3) is 0 Å². The topological polar surface area (TPSA) is 79.5 Å². The zero-order valence-electron chi connectivity index (χ0n) is 12.3. The second-order valence-electron chi connectivity index (χ2n) is 4.43. The largest absolute Gasteiger partial charge is 0.496 e. The summed E-state index contributed by atoms with van der Waals surface area (Å²) in [6.45, 7) is 0. The molecule has 0 fully saturated rings. The summed E-state index contributed by atoms with van der Waals surface area (Å²) >= 11 is 4.98. The van der Waals surface area contributed by atoms with Crippen molar-refractivity contribution in [2.45, 2.75) is 0 Å². The lowest BCUT2D eigenvalue weighted by molar-refractivity contribution is 0.0934. The SMILES string of the molecule is COc1ccccc1C(=O)NC(=S)NNC(=O)c1ccccc1. The number of carbonyl (C=O) groups is 2. The van der Waals surface area contributed by atoms with Gasteiger partial charge >= 0.3 is 0 Å². The average molecular weight is 329 g/mol. The van der Waals surface area contributed by atoms with Gasteiger partial charge in [-0.1, -0.05) is 30.3 Å². The Kier molecular flexibility index (Phi) is 5.65. The monoisotopic (exact) mass is 329 g/mol. The Hall–Kier alpha value is -2.93. The van der Waals surface area contributed by atoms with E-state index in [0.717, 1.165) is 0 Å². The number of methoxy groups -OCH3 is 1. The van der Waals surface area contributed by atoms with Crippen LogP contribution in [0, 0.1) is 0 Å². The van der Waals surface area contributed by atoms with Crippen LogP contribution in [0.15, 0.2) is 54.6 Å². The second kappa shape index (κ2) is 7.90. The minimum atomic E-state index is -0.436. The number of ether oxygens (including phenoxy) is 1. The number of thiocarbonyl (C=S) groups is 1. The van der Waals surface area contributed by atoms with E-state index in [1.165, 1.54) is 7.11 Å². The number of hydrazine groups is 1. The number of amides is 2. The number of hydrogen-bond donors (Lipinski definition) is 3. The van der Waals surface area contributed by atoms with Gasteiger partial charge in [0.25, 0.3) is 11.8 Å². The summed E-state index contributed by atoms with van der Waals surface area (Å²) in [5, 5.41) is 2.44. The zero-order valence-corrected chi connectivity index (χ0v) is 13.1. The quantitative estimate of drug-likeness (QED) is 0.589. The first-order valence-electron chi connectivity index (χ1n) is 6.71. The number of carbonyl (C=O) groups excluding carboxylic acids is 2. The molecule has 0 heterocycles. The molecule has 0 radical (unpaired) electrons. The van der Waals surface area contributed by atoms with Gasteiger partial charge in [-0.25, -0.2) is 0 Å². The van der Waals surface area contributed by atoms with Gasteiger partial charge in [-0.2, -0.15) is 0 Å². The van der Waals surface area contributed by atoms with Crippen molar-refractivity contribution < 1.29 is 14.3 Å². The highest BCUT2D eigenvalue weighted by Crippen LogP contribution is 2.16. The van der Waals surface area contributed by atoms with Crippen LogP contribution in [0.1, 0.15) is 20.7 Å². The van der Waals surface area contributed by atoms with Crippen molar-refractivity contribution >= 4 is 29.1 Å². The molecule has 0 bridgehead atoms. The number of benzene rings is 2. The van der Waals surface area contributed by atoms with Crippen LogP contribution in [0.3, 0.4) is 0 Å². The summed E-state index contributed by atoms with van der Waals surface area (Å²) in [6.07, 6.45) is 0. The molecule has 2 aromatic carbocycles. The predicted molar refractivity (Wildman–Crippen MR) is 90.1 cm³/mol. The van der Waals surface area contributed by atoms with E-state index in [1.807, 2.05) is 6.07 Å². The molecule has 6 nitrogen and oxygen atoms in total. The zero-order chi connectivity index (χ0) is 16.7. The lowest BCUT2D eigenvalue weighted by Crippen LogP contribution is -2.48. The Bertz CT molecular complexity index is 720. The fraction of sp³-hybridized carbons (Fsp3) is 0.0625. The molecule has 0 saturated heterocycles. The van der Waals surface area contributed by atoms with Crippen LogP contribution < -0.4 is 20.9 Å². The third-order valence-electron chi connectivity index (χ3n) is 2.90. The molecular weight excluding hydrogens is 314 g/mol. The van der Waals surface area contributed by atoms with E-state index in [2.05, 4.69) is 16.2 Å². The van der Waals surface area contributed by atoms with Crippen LogP contribution in [0.4, 0.5) is 0 Å². The van der Waals surface area contributed by atoms with Gasteiger partial charge in [0.1, 0.15) is 5.75 Å². The number of para-hydroxylation sites is 1. The lowest BCUT2D eigenvalue weighted by Gasteiger charge is -2.12. The molecule has 0 aliphatic rings. The van der Waals surface area contributed by atoms with E-state index < -0.39 is 5.91 Å². The predicted octanol–water partition coefficient (Wildman–Crippen LogP) is 1.64. The Balaban J connectivity index is 1.90. The third-order valence-corrected chi connectivity index (χ3v) is 3.11. The van der Waals surface area contributed by atoms with E-state index in [9.17, 15) is 9.59 Å². The molecule has 0 atom stereocenters. The molecule has 0 unspecified atom stereocenters. The normalized spacial score (nSPS) is 9.61.